The fourth-order valence-corrected chi connectivity index (χ4v) is 2.53. The van der Waals surface area contributed by atoms with Gasteiger partial charge in [0.05, 0.1) is 6.10 Å². The molecule has 0 aromatic heterocycles. The van der Waals surface area contributed by atoms with E-state index < -0.39 is 0 Å². The number of nitrogens with one attached hydrogen (secondary N) is 1. The molecule has 0 saturated carbocycles. The lowest BCUT2D eigenvalue weighted by Gasteiger charge is -2.26. The van der Waals surface area contributed by atoms with Gasteiger partial charge in [0.25, 0.3) is 0 Å². The topological polar surface area (TPSA) is 21.3 Å². The standard InChI is InChI=1S/C17H29NO/c1-5-8-17(19-4)16(18-7-3)13-15-11-9-14(6-2)10-12-15/h9-12,16-18H,5-8,13H2,1-4H3. The smallest absolute Gasteiger partial charge is 0.0727 e. The van der Waals surface area contributed by atoms with Crippen molar-refractivity contribution in [2.24, 2.45) is 0 Å². The molecule has 1 rings (SSSR count). The summed E-state index contributed by atoms with van der Waals surface area (Å²) < 4.78 is 5.66. The van der Waals surface area contributed by atoms with Crippen molar-refractivity contribution in [1.82, 2.24) is 5.32 Å². The number of hydrogen-bond acceptors (Lipinski definition) is 2. The third-order valence-corrected chi connectivity index (χ3v) is 3.68. The van der Waals surface area contributed by atoms with Crippen LogP contribution in [0.25, 0.3) is 0 Å². The molecule has 0 radical (unpaired) electrons. The van der Waals surface area contributed by atoms with E-state index in [0.29, 0.717) is 12.1 Å². The highest BCUT2D eigenvalue weighted by molar-refractivity contribution is 5.23. The van der Waals surface area contributed by atoms with Gasteiger partial charge in [0.2, 0.25) is 0 Å². The van der Waals surface area contributed by atoms with Crippen LogP contribution in [0, 0.1) is 0 Å². The summed E-state index contributed by atoms with van der Waals surface area (Å²) in [6.45, 7) is 7.55. The molecule has 2 nitrogen and oxygen atoms in total. The number of aryl methyl sites for hydroxylation is 1. The van der Waals surface area contributed by atoms with Crippen molar-refractivity contribution in [3.8, 4) is 0 Å². The minimum Gasteiger partial charge on any atom is -0.380 e. The van der Waals surface area contributed by atoms with E-state index >= 15 is 0 Å². The van der Waals surface area contributed by atoms with Crippen molar-refractivity contribution in [3.05, 3.63) is 35.4 Å². The van der Waals surface area contributed by atoms with Gasteiger partial charge in [0.15, 0.2) is 0 Å². The highest BCUT2D eigenvalue weighted by Gasteiger charge is 2.19. The highest BCUT2D eigenvalue weighted by Crippen LogP contribution is 2.13. The molecule has 0 saturated heterocycles. The Hall–Kier alpha value is -0.860. The van der Waals surface area contributed by atoms with Gasteiger partial charge in [-0.2, -0.15) is 0 Å². The number of hydrogen-bond donors (Lipinski definition) is 1. The van der Waals surface area contributed by atoms with Crippen molar-refractivity contribution >= 4 is 0 Å². The summed E-state index contributed by atoms with van der Waals surface area (Å²) in [5.41, 5.74) is 2.79. The monoisotopic (exact) mass is 263 g/mol. The predicted octanol–water partition coefficient (Wildman–Crippen LogP) is 3.58. The fraction of sp³-hybridized carbons (Fsp3) is 0.647. The second-order valence-electron chi connectivity index (χ2n) is 5.10. The van der Waals surface area contributed by atoms with E-state index in [0.717, 1.165) is 32.2 Å². The summed E-state index contributed by atoms with van der Waals surface area (Å²) in [5.74, 6) is 0. The quantitative estimate of drug-likeness (QED) is 0.735. The third kappa shape index (κ3) is 5.33. The van der Waals surface area contributed by atoms with Gasteiger partial charge in [0.1, 0.15) is 0 Å². The lowest BCUT2D eigenvalue weighted by molar-refractivity contribution is 0.0614. The van der Waals surface area contributed by atoms with Crippen LogP contribution in [-0.4, -0.2) is 25.8 Å². The first kappa shape index (κ1) is 16.2. The van der Waals surface area contributed by atoms with Crippen molar-refractivity contribution in [1.29, 1.82) is 0 Å². The van der Waals surface area contributed by atoms with Crippen LogP contribution in [0.2, 0.25) is 0 Å². The van der Waals surface area contributed by atoms with E-state index in [-0.39, 0.29) is 0 Å². The maximum absolute atomic E-state index is 5.66. The molecule has 0 heterocycles. The number of benzene rings is 1. The first-order chi connectivity index (χ1) is 9.24. The van der Waals surface area contributed by atoms with Crippen molar-refractivity contribution in [3.63, 3.8) is 0 Å². The lowest BCUT2D eigenvalue weighted by Crippen LogP contribution is -2.42. The molecule has 2 heteroatoms. The van der Waals surface area contributed by atoms with Gasteiger partial charge in [-0.05, 0) is 36.9 Å². The first-order valence-corrected chi connectivity index (χ1v) is 7.59. The van der Waals surface area contributed by atoms with Gasteiger partial charge in [-0.25, -0.2) is 0 Å². The summed E-state index contributed by atoms with van der Waals surface area (Å²) >= 11 is 0. The predicted molar refractivity (Wildman–Crippen MR) is 82.7 cm³/mol. The van der Waals surface area contributed by atoms with Crippen molar-refractivity contribution in [2.45, 2.75) is 58.6 Å². The second-order valence-corrected chi connectivity index (χ2v) is 5.10. The molecule has 0 aliphatic rings. The zero-order chi connectivity index (χ0) is 14.1. The molecule has 0 amide bonds. The molecule has 1 N–H and O–H groups in total. The van der Waals surface area contributed by atoms with Gasteiger partial charge in [-0.1, -0.05) is 51.5 Å². The second kappa shape index (κ2) is 9.11. The van der Waals surface area contributed by atoms with Crippen LogP contribution in [0.4, 0.5) is 0 Å². The molecular weight excluding hydrogens is 234 g/mol. The summed E-state index contributed by atoms with van der Waals surface area (Å²) in [5, 5.41) is 3.57. The average molecular weight is 263 g/mol. The van der Waals surface area contributed by atoms with Crippen LogP contribution < -0.4 is 5.32 Å². The number of likely N-dealkylation sites (N-methyl/N-ethyl adjacent to an activating group) is 1. The van der Waals surface area contributed by atoms with E-state index in [2.05, 4.69) is 50.4 Å². The summed E-state index contributed by atoms with van der Waals surface area (Å²) in [4.78, 5) is 0. The third-order valence-electron chi connectivity index (χ3n) is 3.68. The Morgan fingerprint density at radius 2 is 1.68 bits per heavy atom. The van der Waals surface area contributed by atoms with Crippen LogP contribution in [0.5, 0.6) is 0 Å². The molecule has 19 heavy (non-hydrogen) atoms. The molecule has 0 aliphatic heterocycles. The van der Waals surface area contributed by atoms with Crippen LogP contribution in [0.1, 0.15) is 44.7 Å². The SMILES string of the molecule is CCCC(OC)C(Cc1ccc(CC)cc1)NCC. The van der Waals surface area contributed by atoms with E-state index in [9.17, 15) is 0 Å². The largest absolute Gasteiger partial charge is 0.380 e. The fourth-order valence-electron chi connectivity index (χ4n) is 2.53. The summed E-state index contributed by atoms with van der Waals surface area (Å²) in [6.07, 6.45) is 4.72. The van der Waals surface area contributed by atoms with Crippen molar-refractivity contribution in [2.75, 3.05) is 13.7 Å². The van der Waals surface area contributed by atoms with Crippen LogP contribution >= 0.6 is 0 Å². The molecule has 2 unspecified atom stereocenters. The maximum Gasteiger partial charge on any atom is 0.0727 e. The van der Waals surface area contributed by atoms with Gasteiger partial charge < -0.3 is 10.1 Å². The van der Waals surface area contributed by atoms with E-state index in [4.69, 9.17) is 4.74 Å². The van der Waals surface area contributed by atoms with Gasteiger partial charge in [0, 0.05) is 13.2 Å². The molecule has 0 aliphatic carbocycles. The van der Waals surface area contributed by atoms with Crippen LogP contribution in [0.15, 0.2) is 24.3 Å². The summed E-state index contributed by atoms with van der Waals surface area (Å²) in [7, 11) is 1.82. The molecule has 108 valence electrons. The number of rotatable bonds is 9. The average Bonchev–Trinajstić information content (AvgIpc) is 2.45. The Bertz CT molecular complexity index is 334. The molecule has 2 atom stereocenters. The highest BCUT2D eigenvalue weighted by atomic mass is 16.5. The molecule has 1 aromatic rings. The molecule has 1 aromatic carbocycles. The van der Waals surface area contributed by atoms with Gasteiger partial charge in [-0.3, -0.25) is 0 Å². The number of methoxy groups -OCH3 is 1. The molecular formula is C17H29NO. The molecule has 0 spiro atoms. The van der Waals surface area contributed by atoms with Gasteiger partial charge in [-0.15, -0.1) is 0 Å². The maximum atomic E-state index is 5.66. The van der Waals surface area contributed by atoms with E-state index in [1.54, 1.807) is 0 Å². The molecule has 0 fully saturated rings. The van der Waals surface area contributed by atoms with E-state index in [1.807, 2.05) is 7.11 Å². The minimum atomic E-state index is 0.302. The van der Waals surface area contributed by atoms with Gasteiger partial charge >= 0.3 is 0 Å². The Kier molecular flexibility index (Phi) is 7.76. The van der Waals surface area contributed by atoms with Crippen LogP contribution in [0.3, 0.4) is 0 Å². The van der Waals surface area contributed by atoms with Crippen LogP contribution in [-0.2, 0) is 17.6 Å². The molecule has 0 bridgehead atoms. The Balaban J connectivity index is 2.69. The Morgan fingerprint density at radius 3 is 2.16 bits per heavy atom. The number of ether oxygens (including phenoxy) is 1. The summed E-state index contributed by atoms with van der Waals surface area (Å²) in [6, 6.07) is 9.38. The first-order valence-electron chi connectivity index (χ1n) is 7.59. The van der Waals surface area contributed by atoms with Crippen molar-refractivity contribution < 1.29 is 4.74 Å². The zero-order valence-corrected chi connectivity index (χ0v) is 12.9. The lowest BCUT2D eigenvalue weighted by atomic mass is 9.97. The minimum absolute atomic E-state index is 0.302. The Morgan fingerprint density at radius 1 is 1.05 bits per heavy atom. The normalized spacial score (nSPS) is 14.3. The Labute approximate surface area is 118 Å². The zero-order valence-electron chi connectivity index (χ0n) is 12.9. The van der Waals surface area contributed by atoms with E-state index in [1.165, 1.54) is 11.1 Å².